The predicted molar refractivity (Wildman–Crippen MR) is 92.6 cm³/mol. The van der Waals surface area contributed by atoms with Crippen LogP contribution in [0.2, 0.25) is 5.02 Å². The zero-order valence-electron chi connectivity index (χ0n) is 13.6. The summed E-state index contributed by atoms with van der Waals surface area (Å²) >= 11 is 6.14. The van der Waals surface area contributed by atoms with Crippen LogP contribution < -0.4 is 14.8 Å². The van der Waals surface area contributed by atoms with Gasteiger partial charge in [-0.1, -0.05) is 11.6 Å². The molecule has 122 valence electrons. The number of amides is 1. The van der Waals surface area contributed by atoms with Crippen LogP contribution in [0.3, 0.4) is 0 Å². The van der Waals surface area contributed by atoms with Gasteiger partial charge in [0.2, 0.25) is 0 Å². The van der Waals surface area contributed by atoms with Crippen LogP contribution in [0.1, 0.15) is 18.1 Å². The van der Waals surface area contributed by atoms with E-state index in [0.29, 0.717) is 16.5 Å². The van der Waals surface area contributed by atoms with E-state index in [4.69, 9.17) is 21.1 Å². The molecule has 0 aliphatic heterocycles. The molecular weight excluding hydrogens is 314 g/mol. The van der Waals surface area contributed by atoms with Crippen molar-refractivity contribution in [1.82, 2.24) is 0 Å². The number of ether oxygens (including phenoxy) is 2. The van der Waals surface area contributed by atoms with Gasteiger partial charge in [-0.2, -0.15) is 0 Å². The molecule has 1 amide bonds. The first-order valence-electron chi connectivity index (χ1n) is 7.29. The van der Waals surface area contributed by atoms with Gasteiger partial charge in [-0.05, 0) is 68.3 Å². The first-order valence-corrected chi connectivity index (χ1v) is 7.67. The fourth-order valence-corrected chi connectivity index (χ4v) is 2.26. The second-order valence-electron chi connectivity index (χ2n) is 5.35. The normalized spacial score (nSPS) is 11.7. The second kappa shape index (κ2) is 7.38. The van der Waals surface area contributed by atoms with E-state index in [1.165, 1.54) is 0 Å². The lowest BCUT2D eigenvalue weighted by atomic mass is 10.1. The van der Waals surface area contributed by atoms with E-state index >= 15 is 0 Å². The van der Waals surface area contributed by atoms with Gasteiger partial charge < -0.3 is 14.8 Å². The van der Waals surface area contributed by atoms with Gasteiger partial charge >= 0.3 is 0 Å². The molecule has 1 N–H and O–H groups in total. The minimum atomic E-state index is -0.628. The standard InChI is InChI=1S/C18H20ClNO3/c1-11-9-16(10-12(2)17(11)19)23-13(3)18(21)20-14-5-7-15(22-4)8-6-14/h5-10,13H,1-4H3,(H,20,21)/t13-/m1/s1. The van der Waals surface area contributed by atoms with Crippen molar-refractivity contribution in [3.05, 3.63) is 52.5 Å². The van der Waals surface area contributed by atoms with Gasteiger partial charge in [0.15, 0.2) is 6.10 Å². The SMILES string of the molecule is COc1ccc(NC(=O)[C@@H](C)Oc2cc(C)c(Cl)c(C)c2)cc1. The summed E-state index contributed by atoms with van der Waals surface area (Å²) in [6.45, 7) is 5.52. The predicted octanol–water partition coefficient (Wildman–Crippen LogP) is 4.37. The van der Waals surface area contributed by atoms with Gasteiger partial charge in [0.1, 0.15) is 11.5 Å². The van der Waals surface area contributed by atoms with Crippen LogP contribution >= 0.6 is 11.6 Å². The molecule has 0 spiro atoms. The molecule has 0 saturated carbocycles. The van der Waals surface area contributed by atoms with Gasteiger partial charge in [0.05, 0.1) is 7.11 Å². The highest BCUT2D eigenvalue weighted by Gasteiger charge is 2.16. The first kappa shape index (κ1) is 17.2. The Balaban J connectivity index is 2.02. The second-order valence-corrected chi connectivity index (χ2v) is 5.73. The molecule has 2 rings (SSSR count). The number of benzene rings is 2. The molecule has 2 aromatic rings. The van der Waals surface area contributed by atoms with Gasteiger partial charge in [0.25, 0.3) is 5.91 Å². The summed E-state index contributed by atoms with van der Waals surface area (Å²) in [5, 5.41) is 3.52. The van der Waals surface area contributed by atoms with Crippen LogP contribution in [0.25, 0.3) is 0 Å². The summed E-state index contributed by atoms with van der Waals surface area (Å²) in [7, 11) is 1.60. The zero-order valence-corrected chi connectivity index (χ0v) is 14.4. The summed E-state index contributed by atoms with van der Waals surface area (Å²) in [6, 6.07) is 10.8. The molecule has 2 aromatic carbocycles. The van der Waals surface area contributed by atoms with E-state index in [1.807, 2.05) is 26.0 Å². The molecule has 0 aliphatic carbocycles. The van der Waals surface area contributed by atoms with Crippen LogP contribution in [-0.2, 0) is 4.79 Å². The Morgan fingerprint density at radius 3 is 2.17 bits per heavy atom. The van der Waals surface area contributed by atoms with Gasteiger partial charge in [-0.25, -0.2) is 0 Å². The lowest BCUT2D eigenvalue weighted by Gasteiger charge is -2.16. The summed E-state index contributed by atoms with van der Waals surface area (Å²) in [5.41, 5.74) is 2.53. The summed E-state index contributed by atoms with van der Waals surface area (Å²) in [5.74, 6) is 1.14. The van der Waals surface area contributed by atoms with Crippen molar-refractivity contribution in [2.45, 2.75) is 26.9 Å². The number of methoxy groups -OCH3 is 1. The van der Waals surface area contributed by atoms with Crippen molar-refractivity contribution >= 4 is 23.2 Å². The van der Waals surface area contributed by atoms with E-state index in [1.54, 1.807) is 38.3 Å². The Hall–Kier alpha value is -2.20. The molecule has 0 radical (unpaired) electrons. The summed E-state index contributed by atoms with van der Waals surface area (Å²) in [4.78, 5) is 12.2. The molecule has 0 aliphatic rings. The number of carbonyl (C=O) groups excluding carboxylic acids is 1. The van der Waals surface area contributed by atoms with E-state index < -0.39 is 6.10 Å². The molecule has 0 aromatic heterocycles. The maximum atomic E-state index is 12.2. The minimum Gasteiger partial charge on any atom is -0.497 e. The number of anilines is 1. The maximum absolute atomic E-state index is 12.2. The first-order chi connectivity index (χ1) is 10.9. The molecule has 0 unspecified atom stereocenters. The van der Waals surface area contributed by atoms with Crippen molar-refractivity contribution in [1.29, 1.82) is 0 Å². The Bertz CT molecular complexity index is 675. The van der Waals surface area contributed by atoms with E-state index in [2.05, 4.69) is 5.32 Å². The number of hydrogen-bond acceptors (Lipinski definition) is 3. The summed E-state index contributed by atoms with van der Waals surface area (Å²) in [6.07, 6.45) is -0.628. The molecular formula is C18H20ClNO3. The highest BCUT2D eigenvalue weighted by molar-refractivity contribution is 6.32. The number of carbonyl (C=O) groups is 1. The molecule has 1 atom stereocenters. The minimum absolute atomic E-state index is 0.222. The van der Waals surface area contributed by atoms with Gasteiger partial charge in [-0.3, -0.25) is 4.79 Å². The Kier molecular flexibility index (Phi) is 5.50. The molecule has 4 nitrogen and oxygen atoms in total. The van der Waals surface area contributed by atoms with Crippen LogP contribution in [0.5, 0.6) is 11.5 Å². The quantitative estimate of drug-likeness (QED) is 0.883. The monoisotopic (exact) mass is 333 g/mol. The Morgan fingerprint density at radius 1 is 1.09 bits per heavy atom. The van der Waals surface area contributed by atoms with Crippen molar-refractivity contribution in [3.63, 3.8) is 0 Å². The average Bonchev–Trinajstić information content (AvgIpc) is 2.53. The largest absolute Gasteiger partial charge is 0.497 e. The van der Waals surface area contributed by atoms with Crippen LogP contribution in [0.4, 0.5) is 5.69 Å². The van der Waals surface area contributed by atoms with Crippen molar-refractivity contribution in [2.75, 3.05) is 12.4 Å². The zero-order chi connectivity index (χ0) is 17.0. The van der Waals surface area contributed by atoms with Gasteiger partial charge in [0, 0.05) is 10.7 Å². The third-order valence-electron chi connectivity index (χ3n) is 3.45. The van der Waals surface area contributed by atoms with Crippen molar-refractivity contribution in [2.24, 2.45) is 0 Å². The smallest absolute Gasteiger partial charge is 0.265 e. The fourth-order valence-electron chi connectivity index (χ4n) is 2.15. The van der Waals surface area contributed by atoms with Crippen molar-refractivity contribution < 1.29 is 14.3 Å². The van der Waals surface area contributed by atoms with E-state index in [9.17, 15) is 4.79 Å². The van der Waals surface area contributed by atoms with E-state index in [-0.39, 0.29) is 5.91 Å². The van der Waals surface area contributed by atoms with Crippen molar-refractivity contribution in [3.8, 4) is 11.5 Å². The van der Waals surface area contributed by atoms with Crippen LogP contribution in [-0.4, -0.2) is 19.1 Å². The highest BCUT2D eigenvalue weighted by Crippen LogP contribution is 2.26. The third kappa shape index (κ3) is 4.39. The highest BCUT2D eigenvalue weighted by atomic mass is 35.5. The molecule has 0 saturated heterocycles. The average molecular weight is 334 g/mol. The van der Waals surface area contributed by atoms with Crippen LogP contribution in [0.15, 0.2) is 36.4 Å². The van der Waals surface area contributed by atoms with E-state index in [0.717, 1.165) is 16.9 Å². The number of aryl methyl sites for hydroxylation is 2. The fraction of sp³-hybridized carbons (Fsp3) is 0.278. The number of nitrogens with one attached hydrogen (secondary N) is 1. The third-order valence-corrected chi connectivity index (χ3v) is 4.05. The maximum Gasteiger partial charge on any atom is 0.265 e. The topological polar surface area (TPSA) is 47.6 Å². The molecule has 0 fully saturated rings. The molecule has 5 heteroatoms. The lowest BCUT2D eigenvalue weighted by molar-refractivity contribution is -0.122. The molecule has 0 bridgehead atoms. The molecule has 0 heterocycles. The van der Waals surface area contributed by atoms with Gasteiger partial charge in [-0.15, -0.1) is 0 Å². The number of halogens is 1. The number of rotatable bonds is 5. The lowest BCUT2D eigenvalue weighted by Crippen LogP contribution is -2.30. The Labute approximate surface area is 141 Å². The Morgan fingerprint density at radius 2 is 1.65 bits per heavy atom. The number of hydrogen-bond donors (Lipinski definition) is 1. The summed E-state index contributed by atoms with van der Waals surface area (Å²) < 4.78 is 10.8. The van der Waals surface area contributed by atoms with Crippen LogP contribution in [0, 0.1) is 13.8 Å². The molecule has 23 heavy (non-hydrogen) atoms.